The zero-order valence-corrected chi connectivity index (χ0v) is 11.0. The molecule has 1 saturated heterocycles. The van der Waals surface area contributed by atoms with Gasteiger partial charge < -0.3 is 5.32 Å². The summed E-state index contributed by atoms with van der Waals surface area (Å²) in [6.07, 6.45) is 7.98. The molecule has 1 atom stereocenters. The molecule has 3 N–H and O–H groups in total. The summed E-state index contributed by atoms with van der Waals surface area (Å²) in [6, 6.07) is 0.158. The van der Waals surface area contributed by atoms with Crippen LogP contribution in [-0.4, -0.2) is 21.0 Å². The second-order valence-corrected chi connectivity index (χ2v) is 5.73. The van der Waals surface area contributed by atoms with Gasteiger partial charge in [-0.3, -0.25) is 0 Å². The highest BCUT2D eigenvalue weighted by Crippen LogP contribution is 2.17. The van der Waals surface area contributed by atoms with Crippen LogP contribution in [0.4, 0.5) is 0 Å². The first-order valence-corrected chi connectivity index (χ1v) is 7.29. The standard InChI is InChI=1S/C12H20N2O2S/c1-3-6-11(17(13,15)16)9-10(2)12-7-4-5-8-14-12/h3,6,9,12,14H,2,4-5,7-8H2,1H3,(H2,13,15,16)/b6-3-,11-9+/t12-/m0/s1. The fourth-order valence-corrected chi connectivity index (χ4v) is 2.48. The van der Waals surface area contributed by atoms with Gasteiger partial charge in [0.2, 0.25) is 10.0 Å². The van der Waals surface area contributed by atoms with Gasteiger partial charge >= 0.3 is 0 Å². The van der Waals surface area contributed by atoms with Crippen molar-refractivity contribution in [3.05, 3.63) is 35.3 Å². The van der Waals surface area contributed by atoms with Crippen molar-refractivity contribution in [2.75, 3.05) is 6.54 Å². The Kier molecular flexibility index (Phi) is 5.11. The van der Waals surface area contributed by atoms with Gasteiger partial charge in [-0.05, 0) is 44.0 Å². The molecule has 0 aromatic heterocycles. The zero-order chi connectivity index (χ0) is 12.9. The Labute approximate surface area is 103 Å². The number of nitrogens with one attached hydrogen (secondary N) is 1. The van der Waals surface area contributed by atoms with Gasteiger partial charge in [-0.1, -0.05) is 19.1 Å². The first-order chi connectivity index (χ1) is 7.95. The molecule has 5 heteroatoms. The maximum Gasteiger partial charge on any atom is 0.238 e. The molecule has 96 valence electrons. The minimum absolute atomic E-state index is 0.109. The van der Waals surface area contributed by atoms with Crippen molar-refractivity contribution in [1.29, 1.82) is 0 Å². The summed E-state index contributed by atoms with van der Waals surface area (Å²) >= 11 is 0. The predicted molar refractivity (Wildman–Crippen MR) is 70.8 cm³/mol. The smallest absolute Gasteiger partial charge is 0.238 e. The summed E-state index contributed by atoms with van der Waals surface area (Å²) in [5.74, 6) is 0. The van der Waals surface area contributed by atoms with Crippen molar-refractivity contribution >= 4 is 10.0 Å². The molecular weight excluding hydrogens is 236 g/mol. The molecule has 0 bridgehead atoms. The monoisotopic (exact) mass is 256 g/mol. The summed E-state index contributed by atoms with van der Waals surface area (Å²) in [7, 11) is -3.68. The van der Waals surface area contributed by atoms with Crippen molar-refractivity contribution in [3.63, 3.8) is 0 Å². The van der Waals surface area contributed by atoms with Crippen LogP contribution in [0.15, 0.2) is 35.3 Å². The summed E-state index contributed by atoms with van der Waals surface area (Å²) in [5.41, 5.74) is 0.770. The molecule has 1 rings (SSSR count). The Bertz CT molecular complexity index is 429. The Morgan fingerprint density at radius 1 is 1.47 bits per heavy atom. The SMILES string of the molecule is C=C(/C=C(\C=C/C)S(N)(=O)=O)[C@@H]1CCCCN1. The molecule has 0 spiro atoms. The number of hydrogen-bond acceptors (Lipinski definition) is 3. The number of nitrogens with two attached hydrogens (primary N) is 1. The zero-order valence-electron chi connectivity index (χ0n) is 10.1. The molecule has 17 heavy (non-hydrogen) atoms. The number of hydrogen-bond donors (Lipinski definition) is 2. The predicted octanol–water partition coefficient (Wildman–Crippen LogP) is 1.43. The number of sulfonamides is 1. The van der Waals surface area contributed by atoms with E-state index in [4.69, 9.17) is 5.14 Å². The molecule has 1 aliphatic heterocycles. The minimum Gasteiger partial charge on any atom is -0.310 e. The van der Waals surface area contributed by atoms with Crippen LogP contribution < -0.4 is 10.5 Å². The van der Waals surface area contributed by atoms with Crippen molar-refractivity contribution in [1.82, 2.24) is 5.32 Å². The van der Waals surface area contributed by atoms with Gasteiger partial charge in [0.1, 0.15) is 0 Å². The van der Waals surface area contributed by atoms with E-state index < -0.39 is 10.0 Å². The van der Waals surface area contributed by atoms with E-state index >= 15 is 0 Å². The van der Waals surface area contributed by atoms with Crippen LogP contribution in [0, 0.1) is 0 Å². The van der Waals surface area contributed by atoms with Crippen molar-refractivity contribution in [2.45, 2.75) is 32.2 Å². The molecule has 1 fully saturated rings. The lowest BCUT2D eigenvalue weighted by atomic mass is 9.98. The van der Waals surface area contributed by atoms with Crippen molar-refractivity contribution in [3.8, 4) is 0 Å². The minimum atomic E-state index is -3.68. The molecule has 0 saturated carbocycles. The summed E-state index contributed by atoms with van der Waals surface area (Å²) in [5, 5.41) is 8.45. The lowest BCUT2D eigenvalue weighted by molar-refractivity contribution is 0.445. The Morgan fingerprint density at radius 3 is 2.65 bits per heavy atom. The van der Waals surface area contributed by atoms with Crippen LogP contribution in [0.2, 0.25) is 0 Å². The largest absolute Gasteiger partial charge is 0.310 e. The third-order valence-corrected chi connectivity index (χ3v) is 3.66. The lowest BCUT2D eigenvalue weighted by Gasteiger charge is -2.24. The topological polar surface area (TPSA) is 72.2 Å². The molecule has 1 aliphatic rings. The fraction of sp³-hybridized carbons (Fsp3) is 0.500. The molecule has 0 aromatic rings. The van der Waals surface area contributed by atoms with Crippen molar-refractivity contribution in [2.24, 2.45) is 5.14 Å². The second kappa shape index (κ2) is 6.14. The summed E-state index contributed by atoms with van der Waals surface area (Å²) in [6.45, 7) is 6.62. The van der Waals surface area contributed by atoms with Gasteiger partial charge in [0.25, 0.3) is 0 Å². The van der Waals surface area contributed by atoms with Crippen LogP contribution >= 0.6 is 0 Å². The highest BCUT2D eigenvalue weighted by molar-refractivity contribution is 7.93. The fourth-order valence-electron chi connectivity index (χ4n) is 1.84. The van der Waals surface area contributed by atoms with Crippen LogP contribution in [-0.2, 0) is 10.0 Å². The van der Waals surface area contributed by atoms with E-state index in [9.17, 15) is 8.42 Å². The van der Waals surface area contributed by atoms with Crippen LogP contribution in [0.5, 0.6) is 0 Å². The first-order valence-electron chi connectivity index (χ1n) is 5.74. The number of primary sulfonamides is 1. The van der Waals surface area contributed by atoms with Crippen LogP contribution in [0.1, 0.15) is 26.2 Å². The maximum absolute atomic E-state index is 11.3. The van der Waals surface area contributed by atoms with E-state index in [1.165, 1.54) is 6.08 Å². The molecule has 0 aromatic carbocycles. The Hall–Kier alpha value is -0.910. The van der Waals surface area contributed by atoms with E-state index in [-0.39, 0.29) is 10.9 Å². The van der Waals surface area contributed by atoms with E-state index in [2.05, 4.69) is 11.9 Å². The third-order valence-electron chi connectivity index (χ3n) is 2.75. The Balaban J connectivity index is 2.86. The Morgan fingerprint density at radius 2 is 2.18 bits per heavy atom. The quantitative estimate of drug-likeness (QED) is 0.747. The van der Waals surface area contributed by atoms with Crippen molar-refractivity contribution < 1.29 is 8.42 Å². The molecule has 0 radical (unpaired) electrons. The first kappa shape index (κ1) is 14.2. The molecule has 0 aliphatic carbocycles. The van der Waals surface area contributed by atoms with E-state index in [0.717, 1.165) is 31.4 Å². The highest BCUT2D eigenvalue weighted by Gasteiger charge is 2.16. The van der Waals surface area contributed by atoms with Crippen LogP contribution in [0.3, 0.4) is 0 Å². The van der Waals surface area contributed by atoms with E-state index in [0.29, 0.717) is 0 Å². The average molecular weight is 256 g/mol. The molecular formula is C12H20N2O2S. The van der Waals surface area contributed by atoms with E-state index in [1.54, 1.807) is 19.1 Å². The summed E-state index contributed by atoms with van der Waals surface area (Å²) in [4.78, 5) is 0.109. The van der Waals surface area contributed by atoms with Gasteiger partial charge in [-0.15, -0.1) is 0 Å². The van der Waals surface area contributed by atoms with Gasteiger partial charge in [0, 0.05) is 6.04 Å². The number of allylic oxidation sites excluding steroid dienone is 2. The van der Waals surface area contributed by atoms with Gasteiger partial charge in [-0.25, -0.2) is 13.6 Å². The third kappa shape index (κ3) is 4.46. The van der Waals surface area contributed by atoms with Gasteiger partial charge in [0.15, 0.2) is 0 Å². The van der Waals surface area contributed by atoms with Gasteiger partial charge in [0.05, 0.1) is 4.91 Å². The molecule has 4 nitrogen and oxygen atoms in total. The maximum atomic E-state index is 11.3. The number of piperidine rings is 1. The second-order valence-electron chi connectivity index (χ2n) is 4.17. The van der Waals surface area contributed by atoms with Crippen LogP contribution in [0.25, 0.3) is 0 Å². The molecule has 1 heterocycles. The van der Waals surface area contributed by atoms with Gasteiger partial charge in [-0.2, -0.15) is 0 Å². The average Bonchev–Trinajstić information content (AvgIpc) is 2.28. The highest BCUT2D eigenvalue weighted by atomic mass is 32.2. The molecule has 0 amide bonds. The lowest BCUT2D eigenvalue weighted by Crippen LogP contribution is -2.35. The normalized spacial score (nSPS) is 22.9. The van der Waals surface area contributed by atoms with E-state index in [1.807, 2.05) is 0 Å². The summed E-state index contributed by atoms with van der Waals surface area (Å²) < 4.78 is 22.7. The molecule has 0 unspecified atom stereocenters. The number of rotatable bonds is 4.